The number of allylic oxidation sites excluding steroid dienone is 5. The summed E-state index contributed by atoms with van der Waals surface area (Å²) in [6, 6.07) is 19.0. The van der Waals surface area contributed by atoms with Gasteiger partial charge in [-0.15, -0.1) is 0 Å². The molecule has 3 nitrogen and oxygen atoms in total. The number of rotatable bonds is 4. The van der Waals surface area contributed by atoms with Gasteiger partial charge >= 0.3 is 5.97 Å². The van der Waals surface area contributed by atoms with Crippen molar-refractivity contribution < 1.29 is 9.53 Å². The second kappa shape index (κ2) is 8.40. The fourth-order valence-corrected chi connectivity index (χ4v) is 5.33. The Kier molecular flexibility index (Phi) is 5.41. The molecule has 1 saturated carbocycles. The van der Waals surface area contributed by atoms with Crippen LogP contribution in [0.1, 0.15) is 43.0 Å². The molecule has 1 aromatic heterocycles. The van der Waals surface area contributed by atoms with E-state index in [0.717, 1.165) is 39.9 Å². The Labute approximate surface area is 195 Å². The minimum Gasteiger partial charge on any atom is -0.463 e. The highest BCUT2D eigenvalue weighted by molar-refractivity contribution is 5.93. The molecule has 1 fully saturated rings. The summed E-state index contributed by atoms with van der Waals surface area (Å²) < 4.78 is 5.49. The number of hydrogen-bond acceptors (Lipinski definition) is 2. The predicted octanol–water partition coefficient (Wildman–Crippen LogP) is 7.04. The number of aromatic amines is 1. The van der Waals surface area contributed by atoms with Gasteiger partial charge in [0.15, 0.2) is 0 Å². The lowest BCUT2D eigenvalue weighted by molar-refractivity contribution is -0.139. The van der Waals surface area contributed by atoms with Crippen LogP contribution in [0.5, 0.6) is 0 Å². The highest BCUT2D eigenvalue weighted by Crippen LogP contribution is 2.53. The maximum absolute atomic E-state index is 13.1. The molecule has 166 valence electrons. The molecule has 0 amide bonds. The number of benzene rings is 2. The maximum atomic E-state index is 13.1. The van der Waals surface area contributed by atoms with E-state index in [1.165, 1.54) is 22.1 Å². The number of nitrogens with one attached hydrogen (secondary N) is 1. The van der Waals surface area contributed by atoms with Crippen LogP contribution in [0.15, 0.2) is 95.1 Å². The van der Waals surface area contributed by atoms with Gasteiger partial charge in [0.25, 0.3) is 0 Å². The highest BCUT2D eigenvalue weighted by Gasteiger charge is 2.42. The molecule has 2 aromatic carbocycles. The second-order valence-electron chi connectivity index (χ2n) is 9.09. The van der Waals surface area contributed by atoms with Crippen molar-refractivity contribution in [3.63, 3.8) is 0 Å². The van der Waals surface area contributed by atoms with E-state index in [1.54, 1.807) is 0 Å². The molecule has 0 bridgehead atoms. The summed E-state index contributed by atoms with van der Waals surface area (Å²) in [6.07, 6.45) is 5.24. The molecular formula is C30H29NO2. The van der Waals surface area contributed by atoms with Gasteiger partial charge in [0.2, 0.25) is 0 Å². The van der Waals surface area contributed by atoms with Gasteiger partial charge in [0.1, 0.15) is 0 Å². The predicted molar refractivity (Wildman–Crippen MR) is 135 cm³/mol. The molecule has 2 unspecified atom stereocenters. The van der Waals surface area contributed by atoms with Gasteiger partial charge in [-0.3, -0.25) is 0 Å². The number of aromatic nitrogens is 1. The Hall–Kier alpha value is -3.59. The first-order chi connectivity index (χ1) is 16.0. The molecular weight excluding hydrogens is 406 g/mol. The molecule has 0 radical (unpaired) electrons. The molecule has 2 atom stereocenters. The van der Waals surface area contributed by atoms with Gasteiger partial charge in [0, 0.05) is 28.6 Å². The van der Waals surface area contributed by atoms with E-state index in [2.05, 4.69) is 79.2 Å². The van der Waals surface area contributed by atoms with Crippen LogP contribution in [-0.2, 0) is 9.53 Å². The van der Waals surface area contributed by atoms with E-state index in [0.29, 0.717) is 6.61 Å². The first-order valence-electron chi connectivity index (χ1n) is 11.6. The van der Waals surface area contributed by atoms with Gasteiger partial charge in [-0.05, 0) is 73.1 Å². The van der Waals surface area contributed by atoms with Crippen molar-refractivity contribution in [1.29, 1.82) is 0 Å². The number of hydrogen-bond donors (Lipinski definition) is 1. The smallest absolute Gasteiger partial charge is 0.334 e. The zero-order chi connectivity index (χ0) is 23.1. The quantitative estimate of drug-likeness (QED) is 0.447. The maximum Gasteiger partial charge on any atom is 0.334 e. The van der Waals surface area contributed by atoms with Crippen LogP contribution in [0, 0.1) is 12.8 Å². The van der Waals surface area contributed by atoms with Gasteiger partial charge in [-0.1, -0.05) is 66.3 Å². The lowest BCUT2D eigenvalue weighted by Gasteiger charge is -2.32. The number of ether oxygens (including phenoxy) is 1. The number of esters is 1. The number of fused-ring (bicyclic) bond motifs is 2. The SMILES string of the molecule is C=C1C(=Cc2cc3ccccc3[nH]2)CC2=CC(C)=C(C(=O)OCC)C(c3ccc(C)cc3)C12. The summed E-state index contributed by atoms with van der Waals surface area (Å²) in [5, 5.41) is 1.20. The van der Waals surface area contributed by atoms with Crippen LogP contribution in [-0.4, -0.2) is 17.6 Å². The monoisotopic (exact) mass is 435 g/mol. The van der Waals surface area contributed by atoms with E-state index in [-0.39, 0.29) is 17.8 Å². The van der Waals surface area contributed by atoms with Crippen LogP contribution < -0.4 is 0 Å². The topological polar surface area (TPSA) is 42.1 Å². The van der Waals surface area contributed by atoms with E-state index < -0.39 is 0 Å². The third kappa shape index (κ3) is 3.78. The van der Waals surface area contributed by atoms with Crippen LogP contribution in [0.3, 0.4) is 0 Å². The van der Waals surface area contributed by atoms with Gasteiger partial charge < -0.3 is 9.72 Å². The van der Waals surface area contributed by atoms with E-state index in [1.807, 2.05) is 19.9 Å². The van der Waals surface area contributed by atoms with Gasteiger partial charge in [-0.2, -0.15) is 0 Å². The molecule has 1 heterocycles. The third-order valence-corrected chi connectivity index (χ3v) is 6.87. The number of carbonyl (C=O) groups is 1. The van der Waals surface area contributed by atoms with Crippen LogP contribution >= 0.6 is 0 Å². The Morgan fingerprint density at radius 3 is 2.61 bits per heavy atom. The lowest BCUT2D eigenvalue weighted by atomic mass is 9.71. The van der Waals surface area contributed by atoms with Crippen LogP contribution in [0.4, 0.5) is 0 Å². The summed E-state index contributed by atoms with van der Waals surface area (Å²) in [4.78, 5) is 16.6. The standard InChI is InChI=1S/C30H29NO2/c1-5-33-30(32)27-19(3)14-24-15-23(17-25-16-22-8-6-7-9-26(22)31-25)20(4)28(24)29(27)21-12-10-18(2)11-13-21/h6-14,16-17,28-29,31H,4-5,15H2,1-3H3. The van der Waals surface area contributed by atoms with E-state index in [4.69, 9.17) is 4.74 Å². The molecule has 0 aliphatic heterocycles. The Bertz CT molecular complexity index is 1310. The van der Waals surface area contributed by atoms with Crippen molar-refractivity contribution in [2.24, 2.45) is 5.92 Å². The third-order valence-electron chi connectivity index (χ3n) is 6.87. The van der Waals surface area contributed by atoms with Crippen LogP contribution in [0.25, 0.3) is 17.0 Å². The molecule has 0 saturated heterocycles. The molecule has 2 aliphatic carbocycles. The fraction of sp³-hybridized carbons (Fsp3) is 0.233. The van der Waals surface area contributed by atoms with Crippen molar-refractivity contribution in [3.8, 4) is 0 Å². The molecule has 2 aliphatic rings. The van der Waals surface area contributed by atoms with Crippen LogP contribution in [0.2, 0.25) is 0 Å². The average molecular weight is 436 g/mol. The number of para-hydroxylation sites is 1. The van der Waals surface area contributed by atoms with Crippen molar-refractivity contribution in [1.82, 2.24) is 4.98 Å². The van der Waals surface area contributed by atoms with E-state index in [9.17, 15) is 4.79 Å². The molecule has 0 spiro atoms. The molecule has 3 aromatic rings. The largest absolute Gasteiger partial charge is 0.463 e. The van der Waals surface area contributed by atoms with Crippen molar-refractivity contribution in [3.05, 3.63) is 112 Å². The van der Waals surface area contributed by atoms with Gasteiger partial charge in [0.05, 0.1) is 6.61 Å². The van der Waals surface area contributed by atoms with Gasteiger partial charge in [-0.25, -0.2) is 4.79 Å². The minimum atomic E-state index is -0.225. The summed E-state index contributed by atoms with van der Waals surface area (Å²) in [6.45, 7) is 10.9. The Morgan fingerprint density at radius 1 is 1.12 bits per heavy atom. The zero-order valence-electron chi connectivity index (χ0n) is 19.4. The minimum absolute atomic E-state index is 0.0615. The Balaban J connectivity index is 1.58. The molecule has 33 heavy (non-hydrogen) atoms. The average Bonchev–Trinajstić information content (AvgIpc) is 3.34. The second-order valence-corrected chi connectivity index (χ2v) is 9.09. The highest BCUT2D eigenvalue weighted by atomic mass is 16.5. The summed E-state index contributed by atoms with van der Waals surface area (Å²) in [7, 11) is 0. The summed E-state index contributed by atoms with van der Waals surface area (Å²) in [5.41, 5.74) is 9.90. The number of aryl methyl sites for hydroxylation is 1. The summed E-state index contributed by atoms with van der Waals surface area (Å²) >= 11 is 0. The van der Waals surface area contributed by atoms with Crippen molar-refractivity contribution in [2.75, 3.05) is 6.61 Å². The van der Waals surface area contributed by atoms with Crippen molar-refractivity contribution in [2.45, 2.75) is 33.1 Å². The molecule has 5 rings (SSSR count). The molecule has 3 heteroatoms. The lowest BCUT2D eigenvalue weighted by Crippen LogP contribution is -2.25. The summed E-state index contributed by atoms with van der Waals surface area (Å²) in [5.74, 6) is -0.256. The normalized spacial score (nSPS) is 21.5. The zero-order valence-corrected chi connectivity index (χ0v) is 19.4. The fourth-order valence-electron chi connectivity index (χ4n) is 5.33. The molecule has 1 N–H and O–H groups in total. The number of carbonyl (C=O) groups excluding carboxylic acids is 1. The van der Waals surface area contributed by atoms with Crippen molar-refractivity contribution >= 4 is 22.9 Å². The first kappa shape index (κ1) is 21.3. The first-order valence-corrected chi connectivity index (χ1v) is 11.6. The van der Waals surface area contributed by atoms with E-state index >= 15 is 0 Å². The number of H-pyrrole nitrogens is 1. The Morgan fingerprint density at radius 2 is 1.88 bits per heavy atom.